The van der Waals surface area contributed by atoms with Crippen LogP contribution in [-0.4, -0.2) is 46.4 Å². The van der Waals surface area contributed by atoms with Gasteiger partial charge in [0.15, 0.2) is 18.5 Å². The Morgan fingerprint density at radius 2 is 1.19 bits per heavy atom. The Hall–Kier alpha value is -6.23. The van der Waals surface area contributed by atoms with E-state index in [0.29, 0.717) is 5.56 Å². The minimum absolute atomic E-state index is 0.0196. The molecule has 0 bridgehead atoms. The lowest BCUT2D eigenvalue weighted by atomic mass is 9.80. The number of amides is 1. The summed E-state index contributed by atoms with van der Waals surface area (Å²) in [5, 5.41) is 2.59. The Bertz CT molecular complexity index is 2070. The molecule has 1 aromatic heterocycles. The summed E-state index contributed by atoms with van der Waals surface area (Å²) in [5.41, 5.74) is 0.977. The van der Waals surface area contributed by atoms with Crippen LogP contribution in [0.5, 0.6) is 0 Å². The Morgan fingerprint density at radius 1 is 0.712 bits per heavy atom. The van der Waals surface area contributed by atoms with Gasteiger partial charge in [0.05, 0.1) is 12.2 Å². The predicted molar refractivity (Wildman–Crippen MR) is 193 cm³/mol. The van der Waals surface area contributed by atoms with Crippen molar-refractivity contribution in [2.45, 2.75) is 30.2 Å². The second-order valence-corrected chi connectivity index (χ2v) is 12.2. The van der Waals surface area contributed by atoms with Crippen LogP contribution in [-0.2, 0) is 19.8 Å². The molecule has 10 heteroatoms. The molecular weight excluding hydrogens is 661 g/mol. The zero-order valence-electron chi connectivity index (χ0n) is 27.8. The van der Waals surface area contributed by atoms with Gasteiger partial charge in [0.2, 0.25) is 0 Å². The lowest BCUT2D eigenvalue weighted by Gasteiger charge is -2.37. The molecule has 0 aliphatic carbocycles. The minimum Gasteiger partial charge on any atom is -0.453 e. The summed E-state index contributed by atoms with van der Waals surface area (Å²) in [6, 6.07) is 47.0. The maximum absolute atomic E-state index is 16.7. The molecule has 1 aliphatic rings. The molecule has 4 atom stereocenters. The first-order chi connectivity index (χ1) is 25.4. The largest absolute Gasteiger partial charge is 0.453 e. The highest BCUT2D eigenvalue weighted by atomic mass is 19.1. The first kappa shape index (κ1) is 34.2. The molecule has 2 heterocycles. The van der Waals surface area contributed by atoms with Crippen LogP contribution in [0.2, 0.25) is 0 Å². The molecule has 1 amide bonds. The third-order valence-corrected chi connectivity index (χ3v) is 8.91. The van der Waals surface area contributed by atoms with Gasteiger partial charge in [-0.25, -0.2) is 14.0 Å². The van der Waals surface area contributed by atoms with E-state index in [9.17, 15) is 14.4 Å². The number of carbonyl (C=O) groups is 2. The van der Waals surface area contributed by atoms with E-state index in [4.69, 9.17) is 14.2 Å². The van der Waals surface area contributed by atoms with E-state index in [1.807, 2.05) is 91.0 Å². The van der Waals surface area contributed by atoms with Crippen molar-refractivity contribution in [2.24, 2.45) is 0 Å². The first-order valence-corrected chi connectivity index (χ1v) is 16.8. The van der Waals surface area contributed by atoms with Crippen molar-refractivity contribution in [3.05, 3.63) is 202 Å². The quantitative estimate of drug-likeness (QED) is 0.115. The van der Waals surface area contributed by atoms with Crippen LogP contribution < -0.4 is 11.0 Å². The fourth-order valence-electron chi connectivity index (χ4n) is 6.39. The molecule has 0 radical (unpaired) electrons. The number of nitrogens with one attached hydrogen (secondary N) is 1. The topological polar surface area (TPSA) is 109 Å². The zero-order chi connectivity index (χ0) is 35.9. The van der Waals surface area contributed by atoms with Gasteiger partial charge in [0.1, 0.15) is 17.5 Å². The van der Waals surface area contributed by atoms with E-state index in [2.05, 4.69) is 10.3 Å². The summed E-state index contributed by atoms with van der Waals surface area (Å²) in [6.07, 6.45) is -4.87. The summed E-state index contributed by atoms with van der Waals surface area (Å²) in [4.78, 5) is 43.3. The summed E-state index contributed by atoms with van der Waals surface area (Å²) < 4.78 is 36.6. The number of ether oxygens (including phenoxy) is 3. The van der Waals surface area contributed by atoms with Gasteiger partial charge in [-0.2, -0.15) is 4.98 Å². The molecule has 0 saturated carbocycles. The van der Waals surface area contributed by atoms with Crippen LogP contribution in [0, 0.1) is 0 Å². The maximum atomic E-state index is 16.7. The van der Waals surface area contributed by atoms with Crippen LogP contribution in [0.25, 0.3) is 0 Å². The number of carbonyl (C=O) groups excluding carboxylic acids is 2. The number of rotatable bonds is 11. The van der Waals surface area contributed by atoms with E-state index in [1.165, 1.54) is 12.3 Å². The molecule has 260 valence electrons. The number of esters is 1. The molecule has 9 nitrogen and oxygen atoms in total. The number of halogens is 1. The second-order valence-electron chi connectivity index (χ2n) is 12.2. The van der Waals surface area contributed by atoms with Gasteiger partial charge in [-0.05, 0) is 47.0 Å². The van der Waals surface area contributed by atoms with Gasteiger partial charge in [0, 0.05) is 11.8 Å². The molecular formula is C42H34FN3O6. The molecule has 5 aromatic carbocycles. The van der Waals surface area contributed by atoms with Gasteiger partial charge in [-0.1, -0.05) is 127 Å². The van der Waals surface area contributed by atoms with Crippen molar-refractivity contribution in [1.82, 2.24) is 9.55 Å². The maximum Gasteiger partial charge on any atom is 0.351 e. The van der Waals surface area contributed by atoms with Crippen LogP contribution in [0.1, 0.15) is 43.6 Å². The van der Waals surface area contributed by atoms with E-state index in [0.717, 1.165) is 21.3 Å². The SMILES string of the molecule is O=C(Nc1ccn(C2OC(COC(c3ccccc3)(c3ccccc3)c3ccccc3)C(OC(=O)c3ccccc3)C2F)c(=O)n1)c1ccccc1. The summed E-state index contributed by atoms with van der Waals surface area (Å²) in [7, 11) is 0. The number of nitrogens with zero attached hydrogens (tertiary/aromatic N) is 2. The van der Waals surface area contributed by atoms with Gasteiger partial charge in [0.25, 0.3) is 5.91 Å². The van der Waals surface area contributed by atoms with Crippen LogP contribution in [0.4, 0.5) is 10.2 Å². The Labute approximate surface area is 299 Å². The van der Waals surface area contributed by atoms with Crippen molar-refractivity contribution in [1.29, 1.82) is 0 Å². The molecule has 0 spiro atoms. The van der Waals surface area contributed by atoms with Gasteiger partial charge in [-0.3, -0.25) is 9.36 Å². The molecule has 4 unspecified atom stereocenters. The Morgan fingerprint density at radius 3 is 1.69 bits per heavy atom. The number of hydrogen-bond donors (Lipinski definition) is 1. The number of hydrogen-bond acceptors (Lipinski definition) is 7. The molecule has 52 heavy (non-hydrogen) atoms. The summed E-state index contributed by atoms with van der Waals surface area (Å²) in [6.45, 7) is -0.240. The Balaban J connectivity index is 1.22. The van der Waals surface area contributed by atoms with Crippen molar-refractivity contribution >= 4 is 17.7 Å². The number of anilines is 1. The molecule has 1 N–H and O–H groups in total. The standard InChI is InChI=1S/C42H34FN3O6/c43-36-37(52-40(48)30-18-8-2-9-19-30)34(51-39(36)46-27-26-35(45-41(46)49)44-38(47)29-16-6-1-7-17-29)28-50-42(31-20-10-3-11-21-31,32-22-12-4-13-23-32)33-24-14-5-15-25-33/h1-27,34,36-37,39H,28H2,(H,44,45,47,49). The van der Waals surface area contributed by atoms with E-state index < -0.39 is 47.8 Å². The van der Waals surface area contributed by atoms with Gasteiger partial charge >= 0.3 is 11.7 Å². The predicted octanol–water partition coefficient (Wildman–Crippen LogP) is 6.97. The van der Waals surface area contributed by atoms with E-state index in [1.54, 1.807) is 60.7 Å². The highest BCUT2D eigenvalue weighted by Crippen LogP contribution is 2.42. The number of alkyl halides is 1. The normalized spacial score (nSPS) is 18.4. The summed E-state index contributed by atoms with van der Waals surface area (Å²) in [5.74, 6) is -1.24. The lowest BCUT2D eigenvalue weighted by molar-refractivity contribution is -0.0970. The minimum atomic E-state index is -2.00. The zero-order valence-corrected chi connectivity index (χ0v) is 27.8. The Kier molecular flexibility index (Phi) is 10.1. The fraction of sp³-hybridized carbons (Fsp3) is 0.143. The molecule has 1 fully saturated rings. The van der Waals surface area contributed by atoms with Crippen LogP contribution in [0.3, 0.4) is 0 Å². The highest BCUT2D eigenvalue weighted by Gasteiger charge is 2.50. The smallest absolute Gasteiger partial charge is 0.351 e. The third kappa shape index (κ3) is 7.02. The molecule has 6 aromatic rings. The second kappa shape index (κ2) is 15.3. The third-order valence-electron chi connectivity index (χ3n) is 8.91. The van der Waals surface area contributed by atoms with Crippen molar-refractivity contribution in [3.63, 3.8) is 0 Å². The first-order valence-electron chi connectivity index (χ1n) is 16.8. The van der Waals surface area contributed by atoms with Crippen LogP contribution in [0.15, 0.2) is 169 Å². The monoisotopic (exact) mass is 695 g/mol. The van der Waals surface area contributed by atoms with E-state index >= 15 is 4.39 Å². The molecule has 1 aliphatic heterocycles. The average Bonchev–Trinajstić information content (AvgIpc) is 3.50. The van der Waals surface area contributed by atoms with Crippen molar-refractivity contribution in [3.8, 4) is 0 Å². The fourth-order valence-corrected chi connectivity index (χ4v) is 6.39. The van der Waals surface area contributed by atoms with Gasteiger partial charge < -0.3 is 19.5 Å². The number of aromatic nitrogens is 2. The van der Waals surface area contributed by atoms with Crippen LogP contribution >= 0.6 is 0 Å². The molecule has 1 saturated heterocycles. The average molecular weight is 696 g/mol. The highest BCUT2D eigenvalue weighted by molar-refractivity contribution is 6.03. The van der Waals surface area contributed by atoms with Crippen molar-refractivity contribution in [2.75, 3.05) is 11.9 Å². The number of benzene rings is 5. The van der Waals surface area contributed by atoms with Crippen molar-refractivity contribution < 1.29 is 28.2 Å². The summed E-state index contributed by atoms with van der Waals surface area (Å²) >= 11 is 0. The lowest BCUT2D eigenvalue weighted by Crippen LogP contribution is -2.41. The van der Waals surface area contributed by atoms with E-state index in [-0.39, 0.29) is 18.0 Å². The molecule has 7 rings (SSSR count). The van der Waals surface area contributed by atoms with Gasteiger partial charge in [-0.15, -0.1) is 0 Å².